The summed E-state index contributed by atoms with van der Waals surface area (Å²) in [5, 5.41) is 2.78. The Morgan fingerprint density at radius 3 is 2.38 bits per heavy atom. The summed E-state index contributed by atoms with van der Waals surface area (Å²) in [7, 11) is 0. The molecule has 0 fully saturated rings. The summed E-state index contributed by atoms with van der Waals surface area (Å²) < 4.78 is 0. The van der Waals surface area contributed by atoms with Crippen LogP contribution >= 0.6 is 0 Å². The zero-order chi connectivity index (χ0) is 10.3. The number of allylic oxidation sites excluding steroid dienone is 1. The second kappa shape index (κ2) is 5.75. The maximum Gasteiger partial charge on any atom is 0.243 e. The minimum absolute atomic E-state index is 0.0702. The number of carbonyl (C=O) groups excluding carboxylic acids is 1. The van der Waals surface area contributed by atoms with Crippen molar-refractivity contribution in [2.75, 3.05) is 6.54 Å². The zero-order valence-corrected chi connectivity index (χ0v) is 8.76. The molecule has 0 radical (unpaired) electrons. The number of rotatable bonds is 5. The average Bonchev–Trinajstić information content (AvgIpc) is 2.15. The van der Waals surface area contributed by atoms with Gasteiger partial charge in [-0.05, 0) is 25.8 Å². The third-order valence-electron chi connectivity index (χ3n) is 2.34. The van der Waals surface area contributed by atoms with Crippen molar-refractivity contribution in [3.05, 3.63) is 12.2 Å². The molecule has 3 heteroatoms. The molecule has 0 spiro atoms. The van der Waals surface area contributed by atoms with Gasteiger partial charge in [0.25, 0.3) is 0 Å². The van der Waals surface area contributed by atoms with Gasteiger partial charge in [-0.3, -0.25) is 4.79 Å². The van der Waals surface area contributed by atoms with E-state index in [1.807, 2.05) is 20.8 Å². The molecule has 0 rings (SSSR count). The molecule has 0 aliphatic heterocycles. The van der Waals surface area contributed by atoms with Gasteiger partial charge >= 0.3 is 0 Å². The quantitative estimate of drug-likeness (QED) is 0.631. The van der Waals surface area contributed by atoms with Crippen LogP contribution in [0, 0.1) is 0 Å². The molecule has 3 N–H and O–H groups in total. The first kappa shape index (κ1) is 12.2. The highest BCUT2D eigenvalue weighted by Gasteiger charge is 2.19. The van der Waals surface area contributed by atoms with Crippen LogP contribution in [0.1, 0.15) is 33.6 Å². The highest BCUT2D eigenvalue weighted by Crippen LogP contribution is 2.08. The first-order chi connectivity index (χ1) is 6.08. The molecule has 0 heterocycles. The second-order valence-corrected chi connectivity index (χ2v) is 3.29. The van der Waals surface area contributed by atoms with Crippen molar-refractivity contribution in [3.63, 3.8) is 0 Å². The molecule has 0 saturated carbocycles. The monoisotopic (exact) mass is 184 g/mol. The van der Waals surface area contributed by atoms with Gasteiger partial charge in [0.15, 0.2) is 0 Å². The van der Waals surface area contributed by atoms with Crippen molar-refractivity contribution < 1.29 is 4.79 Å². The van der Waals surface area contributed by atoms with Crippen LogP contribution in [-0.2, 0) is 4.79 Å². The maximum absolute atomic E-state index is 11.1. The lowest BCUT2D eigenvalue weighted by Gasteiger charge is -2.26. The normalized spacial score (nSPS) is 12.0. The van der Waals surface area contributed by atoms with Crippen LogP contribution < -0.4 is 11.1 Å². The van der Waals surface area contributed by atoms with E-state index < -0.39 is 0 Å². The van der Waals surface area contributed by atoms with Gasteiger partial charge in [-0.15, -0.1) is 0 Å². The van der Waals surface area contributed by atoms with Crippen LogP contribution in [0.3, 0.4) is 0 Å². The molecule has 0 bridgehead atoms. The van der Waals surface area contributed by atoms with Gasteiger partial charge in [-0.25, -0.2) is 0 Å². The Labute approximate surface area is 80.4 Å². The van der Waals surface area contributed by atoms with Gasteiger partial charge in [-0.1, -0.05) is 19.9 Å². The van der Waals surface area contributed by atoms with Crippen molar-refractivity contribution in [2.24, 2.45) is 5.73 Å². The summed E-state index contributed by atoms with van der Waals surface area (Å²) in [6, 6.07) is 0. The Morgan fingerprint density at radius 2 is 2.00 bits per heavy atom. The Kier molecular flexibility index (Phi) is 5.39. The summed E-state index contributed by atoms with van der Waals surface area (Å²) in [6.45, 7) is 6.43. The third-order valence-corrected chi connectivity index (χ3v) is 2.34. The Balaban J connectivity index is 3.92. The summed E-state index contributed by atoms with van der Waals surface area (Å²) in [4.78, 5) is 11.1. The van der Waals surface area contributed by atoms with E-state index in [2.05, 4.69) is 5.32 Å². The lowest BCUT2D eigenvalue weighted by atomic mass is 9.94. The Hall–Kier alpha value is -0.830. The van der Waals surface area contributed by atoms with E-state index in [-0.39, 0.29) is 11.4 Å². The lowest BCUT2D eigenvalue weighted by Crippen LogP contribution is -2.48. The van der Waals surface area contributed by atoms with Crippen LogP contribution in [0.25, 0.3) is 0 Å². The number of hydrogen-bond acceptors (Lipinski definition) is 2. The van der Waals surface area contributed by atoms with Crippen LogP contribution in [0.2, 0.25) is 0 Å². The molecule has 76 valence electrons. The molecular weight excluding hydrogens is 164 g/mol. The van der Waals surface area contributed by atoms with Crippen molar-refractivity contribution in [1.82, 2.24) is 5.32 Å². The van der Waals surface area contributed by atoms with Gasteiger partial charge in [0.2, 0.25) is 5.91 Å². The van der Waals surface area contributed by atoms with E-state index in [0.717, 1.165) is 12.8 Å². The number of carbonyl (C=O) groups is 1. The average molecular weight is 184 g/mol. The van der Waals surface area contributed by atoms with E-state index in [1.165, 1.54) is 6.08 Å². The first-order valence-corrected chi connectivity index (χ1v) is 4.77. The number of hydrogen-bond donors (Lipinski definition) is 2. The molecule has 0 atom stereocenters. The number of nitrogens with one attached hydrogen (secondary N) is 1. The SMILES string of the molecule is C/C=C/C(=O)NCC(N)(CC)CC. The van der Waals surface area contributed by atoms with E-state index in [4.69, 9.17) is 5.73 Å². The fourth-order valence-corrected chi connectivity index (χ4v) is 0.973. The smallest absolute Gasteiger partial charge is 0.243 e. The van der Waals surface area contributed by atoms with E-state index in [1.54, 1.807) is 6.08 Å². The van der Waals surface area contributed by atoms with E-state index in [9.17, 15) is 4.79 Å². The highest BCUT2D eigenvalue weighted by molar-refractivity contribution is 5.87. The molecule has 0 aromatic heterocycles. The van der Waals surface area contributed by atoms with Crippen LogP contribution in [-0.4, -0.2) is 18.0 Å². The summed E-state index contributed by atoms with van der Waals surface area (Å²) >= 11 is 0. The second-order valence-electron chi connectivity index (χ2n) is 3.29. The predicted molar refractivity (Wildman–Crippen MR) is 55.3 cm³/mol. The minimum atomic E-state index is -0.253. The van der Waals surface area contributed by atoms with Gasteiger partial charge in [0.1, 0.15) is 0 Å². The molecule has 0 aliphatic rings. The minimum Gasteiger partial charge on any atom is -0.351 e. The number of amides is 1. The lowest BCUT2D eigenvalue weighted by molar-refractivity contribution is -0.116. The van der Waals surface area contributed by atoms with Crippen LogP contribution in [0.5, 0.6) is 0 Å². The van der Waals surface area contributed by atoms with Crippen LogP contribution in [0.4, 0.5) is 0 Å². The Morgan fingerprint density at radius 1 is 1.46 bits per heavy atom. The van der Waals surface area contributed by atoms with Crippen LogP contribution in [0.15, 0.2) is 12.2 Å². The van der Waals surface area contributed by atoms with E-state index >= 15 is 0 Å². The summed E-state index contributed by atoms with van der Waals surface area (Å²) in [5.41, 5.74) is 5.75. The topological polar surface area (TPSA) is 55.1 Å². The molecule has 0 aromatic rings. The molecule has 0 aromatic carbocycles. The van der Waals surface area contributed by atoms with Gasteiger partial charge in [0, 0.05) is 12.1 Å². The summed E-state index contributed by atoms with van der Waals surface area (Å²) in [6.07, 6.45) is 4.97. The number of nitrogens with two attached hydrogens (primary N) is 1. The standard InChI is InChI=1S/C10H20N2O/c1-4-7-9(13)12-8-10(11,5-2)6-3/h4,7H,5-6,8,11H2,1-3H3,(H,12,13)/b7-4+. The molecule has 0 unspecified atom stereocenters. The molecule has 1 amide bonds. The Bertz CT molecular complexity index is 183. The maximum atomic E-state index is 11.1. The van der Waals surface area contributed by atoms with Crippen molar-refractivity contribution in [2.45, 2.75) is 39.2 Å². The fraction of sp³-hybridized carbons (Fsp3) is 0.700. The van der Waals surface area contributed by atoms with Gasteiger partial charge < -0.3 is 11.1 Å². The first-order valence-electron chi connectivity index (χ1n) is 4.77. The molecular formula is C10H20N2O. The highest BCUT2D eigenvalue weighted by atomic mass is 16.1. The zero-order valence-electron chi connectivity index (χ0n) is 8.76. The molecule has 3 nitrogen and oxygen atoms in total. The third kappa shape index (κ3) is 4.68. The predicted octanol–water partition coefficient (Wildman–Crippen LogP) is 1.20. The van der Waals surface area contributed by atoms with Crippen molar-refractivity contribution in [3.8, 4) is 0 Å². The van der Waals surface area contributed by atoms with Gasteiger partial charge in [0.05, 0.1) is 0 Å². The van der Waals surface area contributed by atoms with Crippen molar-refractivity contribution in [1.29, 1.82) is 0 Å². The van der Waals surface area contributed by atoms with E-state index in [0.29, 0.717) is 6.54 Å². The fourth-order valence-electron chi connectivity index (χ4n) is 0.973. The summed E-state index contributed by atoms with van der Waals surface area (Å²) in [5.74, 6) is -0.0702. The molecule has 0 aliphatic carbocycles. The van der Waals surface area contributed by atoms with Gasteiger partial charge in [-0.2, -0.15) is 0 Å². The van der Waals surface area contributed by atoms with Crippen molar-refractivity contribution >= 4 is 5.91 Å². The molecule has 13 heavy (non-hydrogen) atoms. The largest absolute Gasteiger partial charge is 0.351 e. The molecule has 0 saturated heterocycles.